The minimum Gasteiger partial charge on any atom is -0.495 e. The molecule has 6 rings (SSSR count). The minimum absolute atomic E-state index is 0.224. The third-order valence-corrected chi connectivity index (χ3v) is 6.95. The molecule has 7 heteroatoms. The largest absolute Gasteiger partial charge is 0.495 e. The van der Waals surface area contributed by atoms with Gasteiger partial charge >= 0.3 is 0 Å². The lowest BCUT2D eigenvalue weighted by Crippen LogP contribution is -2.44. The first-order valence-electron chi connectivity index (χ1n) is 11.1. The summed E-state index contributed by atoms with van der Waals surface area (Å²) in [6.45, 7) is 0. The highest BCUT2D eigenvalue weighted by atomic mass is 16.5. The molecular formula is C27H21N3O4. The van der Waals surface area contributed by atoms with Crippen LogP contribution in [-0.2, 0) is 9.59 Å². The van der Waals surface area contributed by atoms with Crippen LogP contribution in [0.1, 0.15) is 27.5 Å². The van der Waals surface area contributed by atoms with Crippen LogP contribution in [0.25, 0.3) is 0 Å². The van der Waals surface area contributed by atoms with E-state index in [1.807, 2.05) is 30.3 Å². The number of rotatable bonds is 4. The van der Waals surface area contributed by atoms with Crippen molar-refractivity contribution in [1.29, 1.82) is 0 Å². The maximum absolute atomic E-state index is 13.9. The van der Waals surface area contributed by atoms with E-state index in [-0.39, 0.29) is 11.7 Å². The highest BCUT2D eigenvalue weighted by Crippen LogP contribution is 2.53. The van der Waals surface area contributed by atoms with Gasteiger partial charge in [0.25, 0.3) is 0 Å². The predicted octanol–water partition coefficient (Wildman–Crippen LogP) is 3.46. The second-order valence-corrected chi connectivity index (χ2v) is 8.61. The zero-order chi connectivity index (χ0) is 23.4. The van der Waals surface area contributed by atoms with Crippen molar-refractivity contribution >= 4 is 29.5 Å². The molecule has 2 amide bonds. The summed E-state index contributed by atoms with van der Waals surface area (Å²) in [5, 5.41) is 6.25. The first-order valence-corrected chi connectivity index (χ1v) is 11.1. The van der Waals surface area contributed by atoms with Gasteiger partial charge in [0.05, 0.1) is 36.9 Å². The van der Waals surface area contributed by atoms with Gasteiger partial charge in [-0.3, -0.25) is 19.4 Å². The van der Waals surface area contributed by atoms with Gasteiger partial charge in [0, 0.05) is 5.56 Å². The van der Waals surface area contributed by atoms with Crippen molar-refractivity contribution in [3.63, 3.8) is 0 Å². The molecule has 2 saturated heterocycles. The number of anilines is 1. The Morgan fingerprint density at radius 1 is 0.853 bits per heavy atom. The summed E-state index contributed by atoms with van der Waals surface area (Å²) in [5.74, 6) is -2.15. The van der Waals surface area contributed by atoms with E-state index in [2.05, 4.69) is 5.10 Å². The van der Waals surface area contributed by atoms with Gasteiger partial charge in [0.2, 0.25) is 11.8 Å². The minimum atomic E-state index is -0.891. The lowest BCUT2D eigenvalue weighted by Gasteiger charge is -2.33. The molecule has 4 atom stereocenters. The number of carbonyl (C=O) groups excluding carboxylic acids is 3. The molecule has 3 aromatic rings. The molecule has 168 valence electrons. The van der Waals surface area contributed by atoms with E-state index in [1.165, 1.54) is 12.0 Å². The number of hydrogen-bond donors (Lipinski definition) is 0. The van der Waals surface area contributed by atoms with E-state index in [0.717, 1.165) is 11.1 Å². The van der Waals surface area contributed by atoms with Crippen LogP contribution in [-0.4, -0.2) is 42.0 Å². The summed E-state index contributed by atoms with van der Waals surface area (Å²) < 4.78 is 5.44. The number of amides is 2. The number of nitrogens with zero attached hydrogens (tertiary/aromatic N) is 3. The number of carbonyl (C=O) groups is 3. The van der Waals surface area contributed by atoms with E-state index in [4.69, 9.17) is 4.74 Å². The Hall–Kier alpha value is -4.26. The fraction of sp³-hybridized carbons (Fsp3) is 0.185. The maximum Gasteiger partial charge on any atom is 0.240 e. The molecule has 3 heterocycles. The number of ether oxygens (including phenoxy) is 1. The number of ketones is 1. The zero-order valence-electron chi connectivity index (χ0n) is 18.4. The van der Waals surface area contributed by atoms with Crippen molar-refractivity contribution in [2.45, 2.75) is 12.1 Å². The lowest BCUT2D eigenvalue weighted by atomic mass is 9.83. The molecule has 0 aliphatic carbocycles. The number of para-hydroxylation sites is 2. The number of imide groups is 1. The highest BCUT2D eigenvalue weighted by molar-refractivity contribution is 6.25. The second-order valence-electron chi connectivity index (χ2n) is 8.61. The number of hydrazone groups is 1. The number of hydrogen-bond acceptors (Lipinski definition) is 6. The van der Waals surface area contributed by atoms with E-state index in [9.17, 15) is 14.4 Å². The van der Waals surface area contributed by atoms with Gasteiger partial charge in [-0.2, -0.15) is 5.10 Å². The van der Waals surface area contributed by atoms with Gasteiger partial charge in [-0.15, -0.1) is 0 Å². The predicted molar refractivity (Wildman–Crippen MR) is 126 cm³/mol. The lowest BCUT2D eigenvalue weighted by molar-refractivity contribution is -0.124. The van der Waals surface area contributed by atoms with Crippen LogP contribution < -0.4 is 9.64 Å². The molecular weight excluding hydrogens is 430 g/mol. The van der Waals surface area contributed by atoms with Crippen molar-refractivity contribution in [2.75, 3.05) is 12.0 Å². The summed E-state index contributed by atoms with van der Waals surface area (Å²) >= 11 is 0. The van der Waals surface area contributed by atoms with Crippen LogP contribution in [0, 0.1) is 11.8 Å². The summed E-state index contributed by atoms with van der Waals surface area (Å²) in [6, 6.07) is 22.1. The van der Waals surface area contributed by atoms with Crippen molar-refractivity contribution < 1.29 is 19.1 Å². The highest BCUT2D eigenvalue weighted by Gasteiger charge is 2.65. The number of Topliss-reactive ketones (excluding diaryl/α,β-unsaturated/α-hetero) is 1. The molecule has 4 unspecified atom stereocenters. The SMILES string of the molecule is COc1ccccc1N1C(=O)C2C(C1=O)C1c3ccccc3C=NN1C2C(=O)c1ccccc1. The monoisotopic (exact) mass is 451 g/mol. The van der Waals surface area contributed by atoms with Crippen LogP contribution in [0.4, 0.5) is 5.69 Å². The topological polar surface area (TPSA) is 79.3 Å². The van der Waals surface area contributed by atoms with Gasteiger partial charge in [-0.05, 0) is 23.3 Å². The Morgan fingerprint density at radius 2 is 1.53 bits per heavy atom. The molecule has 2 fully saturated rings. The molecule has 0 saturated carbocycles. The fourth-order valence-corrected chi connectivity index (χ4v) is 5.49. The summed E-state index contributed by atoms with van der Waals surface area (Å²) in [7, 11) is 1.50. The van der Waals surface area contributed by atoms with Crippen molar-refractivity contribution in [3.8, 4) is 5.75 Å². The molecule has 0 bridgehead atoms. The molecule has 0 N–H and O–H groups in total. The average molecular weight is 451 g/mol. The second kappa shape index (κ2) is 7.66. The molecule has 7 nitrogen and oxygen atoms in total. The Morgan fingerprint density at radius 3 is 2.32 bits per heavy atom. The number of fused-ring (bicyclic) bond motifs is 5. The molecule has 34 heavy (non-hydrogen) atoms. The number of benzene rings is 3. The summed E-state index contributed by atoms with van der Waals surface area (Å²) in [5.41, 5.74) is 2.64. The van der Waals surface area contributed by atoms with Crippen LogP contribution >= 0.6 is 0 Å². The molecule has 0 aromatic heterocycles. The summed E-state index contributed by atoms with van der Waals surface area (Å²) in [6.07, 6.45) is 1.70. The Bertz CT molecular complexity index is 1350. The van der Waals surface area contributed by atoms with Gasteiger partial charge < -0.3 is 4.74 Å². The molecule has 3 aliphatic rings. The standard InChI is InChI=1S/C27H21N3O4/c1-34-20-14-8-7-13-19(20)29-26(32)21-22(27(29)33)24(25(31)16-9-3-2-4-10-16)30-23(21)18-12-6-5-11-17(18)15-28-30/h2-15,21-24H,1H3. The first-order chi connectivity index (χ1) is 16.6. The van der Waals surface area contributed by atoms with Gasteiger partial charge in [-0.1, -0.05) is 66.7 Å². The van der Waals surface area contributed by atoms with Gasteiger partial charge in [0.15, 0.2) is 5.78 Å². The van der Waals surface area contributed by atoms with E-state index in [0.29, 0.717) is 17.0 Å². The van der Waals surface area contributed by atoms with Crippen LogP contribution in [0.15, 0.2) is 84.0 Å². The van der Waals surface area contributed by atoms with Crippen LogP contribution in [0.3, 0.4) is 0 Å². The molecule has 0 radical (unpaired) electrons. The van der Waals surface area contributed by atoms with Crippen molar-refractivity contribution in [3.05, 3.63) is 95.6 Å². The Labute approximate surface area is 196 Å². The van der Waals surface area contributed by atoms with Crippen molar-refractivity contribution in [1.82, 2.24) is 5.01 Å². The Balaban J connectivity index is 1.52. The average Bonchev–Trinajstić information content (AvgIpc) is 3.36. The smallest absolute Gasteiger partial charge is 0.240 e. The van der Waals surface area contributed by atoms with E-state index in [1.54, 1.807) is 59.8 Å². The Kier molecular flexibility index (Phi) is 4.58. The van der Waals surface area contributed by atoms with Crippen LogP contribution in [0.5, 0.6) is 5.75 Å². The van der Waals surface area contributed by atoms with Gasteiger partial charge in [0.1, 0.15) is 11.8 Å². The first kappa shape index (κ1) is 20.4. The molecule has 0 spiro atoms. The fourth-order valence-electron chi connectivity index (χ4n) is 5.49. The quantitative estimate of drug-likeness (QED) is 0.448. The zero-order valence-corrected chi connectivity index (χ0v) is 18.4. The normalized spacial score (nSPS) is 24.6. The third kappa shape index (κ3) is 2.76. The molecule has 3 aliphatic heterocycles. The van der Waals surface area contributed by atoms with Crippen LogP contribution in [0.2, 0.25) is 0 Å². The van der Waals surface area contributed by atoms with E-state index < -0.39 is 29.8 Å². The maximum atomic E-state index is 13.9. The van der Waals surface area contributed by atoms with Gasteiger partial charge in [-0.25, -0.2) is 4.90 Å². The summed E-state index contributed by atoms with van der Waals surface area (Å²) in [4.78, 5) is 42.7. The third-order valence-electron chi connectivity index (χ3n) is 6.95. The van der Waals surface area contributed by atoms with Crippen molar-refractivity contribution in [2.24, 2.45) is 16.9 Å². The van der Waals surface area contributed by atoms with E-state index >= 15 is 0 Å². The molecule has 3 aromatic carbocycles. The number of methoxy groups -OCH3 is 1.